The number of aromatic nitrogens is 2. The molecule has 0 fully saturated rings. The largest absolute Gasteiger partial charge is 0.228 e. The summed E-state index contributed by atoms with van der Waals surface area (Å²) in [6, 6.07) is 70.1. The molecule has 0 radical (unpaired) electrons. The summed E-state index contributed by atoms with van der Waals surface area (Å²) in [6.45, 7) is 4.66. The minimum Gasteiger partial charge on any atom is -0.228 e. The standard InChI is InChI=1S/C55H38N2/c1-55(2)47-24-14-13-21-42(47)46-33-40(30-32-48(46)55)35-25-27-37(28-26-35)49-34-50(57-54(56-49)39-18-7-4-8-19-39)53-44-23-12-11-22-43(44)51(38-16-5-3-6-17-38)45-31-29-36-15-9-10-20-41(36)52(45)53/h3-34H,1-2H3. The van der Waals surface area contributed by atoms with Crippen molar-refractivity contribution in [3.05, 3.63) is 205 Å². The van der Waals surface area contributed by atoms with E-state index in [4.69, 9.17) is 9.97 Å². The van der Waals surface area contributed by atoms with Gasteiger partial charge in [-0.15, -0.1) is 0 Å². The van der Waals surface area contributed by atoms with E-state index < -0.39 is 0 Å². The minimum atomic E-state index is -0.0136. The van der Waals surface area contributed by atoms with Crippen LogP contribution < -0.4 is 0 Å². The molecule has 2 nitrogen and oxygen atoms in total. The molecule has 0 amide bonds. The average molecular weight is 727 g/mol. The van der Waals surface area contributed by atoms with E-state index in [1.54, 1.807) is 0 Å². The molecule has 0 atom stereocenters. The third-order valence-electron chi connectivity index (χ3n) is 12.1. The van der Waals surface area contributed by atoms with Crippen LogP contribution in [-0.4, -0.2) is 9.97 Å². The molecule has 0 saturated heterocycles. The van der Waals surface area contributed by atoms with Crippen LogP contribution in [0.4, 0.5) is 0 Å². The number of hydrogen-bond acceptors (Lipinski definition) is 2. The van der Waals surface area contributed by atoms with Crippen molar-refractivity contribution in [1.29, 1.82) is 0 Å². The van der Waals surface area contributed by atoms with E-state index in [1.807, 2.05) is 6.07 Å². The predicted octanol–water partition coefficient (Wildman–Crippen LogP) is 14.6. The fraction of sp³-hybridized carbons (Fsp3) is 0.0545. The van der Waals surface area contributed by atoms with Gasteiger partial charge < -0.3 is 0 Å². The second-order valence-electron chi connectivity index (χ2n) is 15.7. The second kappa shape index (κ2) is 13.0. The molecule has 268 valence electrons. The fourth-order valence-electron chi connectivity index (χ4n) is 9.30. The number of fused-ring (bicyclic) bond motifs is 7. The topological polar surface area (TPSA) is 25.8 Å². The molecule has 0 bridgehead atoms. The van der Waals surface area contributed by atoms with Crippen LogP contribution in [-0.2, 0) is 5.41 Å². The summed E-state index contributed by atoms with van der Waals surface area (Å²) in [5.74, 6) is 0.705. The fourth-order valence-corrected chi connectivity index (χ4v) is 9.30. The van der Waals surface area contributed by atoms with Crippen LogP contribution in [0.25, 0.3) is 99.6 Å². The smallest absolute Gasteiger partial charge is 0.160 e. The molecule has 11 rings (SSSR count). The van der Waals surface area contributed by atoms with Crippen molar-refractivity contribution in [3.63, 3.8) is 0 Å². The normalized spacial score (nSPS) is 12.9. The lowest BCUT2D eigenvalue weighted by Gasteiger charge is -2.21. The van der Waals surface area contributed by atoms with E-state index in [0.717, 1.165) is 28.1 Å². The summed E-state index contributed by atoms with van der Waals surface area (Å²) in [5, 5.41) is 7.19. The maximum absolute atomic E-state index is 5.43. The van der Waals surface area contributed by atoms with Crippen LogP contribution in [0.2, 0.25) is 0 Å². The molecule has 0 aliphatic heterocycles. The molecule has 0 unspecified atom stereocenters. The lowest BCUT2D eigenvalue weighted by atomic mass is 9.82. The first-order valence-electron chi connectivity index (χ1n) is 19.7. The Bertz CT molecular complexity index is 3180. The Hall–Kier alpha value is -7.16. The summed E-state index contributed by atoms with van der Waals surface area (Å²) in [4.78, 5) is 10.7. The Morgan fingerprint density at radius 2 is 0.930 bits per heavy atom. The third-order valence-corrected chi connectivity index (χ3v) is 12.1. The van der Waals surface area contributed by atoms with Gasteiger partial charge in [0.2, 0.25) is 0 Å². The molecule has 2 heteroatoms. The molecule has 10 aromatic rings. The zero-order valence-electron chi connectivity index (χ0n) is 31.9. The first-order chi connectivity index (χ1) is 28.0. The molecule has 0 N–H and O–H groups in total. The summed E-state index contributed by atoms with van der Waals surface area (Å²) in [6.07, 6.45) is 0. The van der Waals surface area contributed by atoms with Crippen LogP contribution in [0.1, 0.15) is 25.0 Å². The molecule has 1 aliphatic carbocycles. The molecule has 57 heavy (non-hydrogen) atoms. The minimum absolute atomic E-state index is 0.0136. The maximum Gasteiger partial charge on any atom is 0.160 e. The van der Waals surface area contributed by atoms with Crippen molar-refractivity contribution < 1.29 is 0 Å². The monoisotopic (exact) mass is 726 g/mol. The van der Waals surface area contributed by atoms with Crippen molar-refractivity contribution >= 4 is 32.3 Å². The summed E-state index contributed by atoms with van der Waals surface area (Å²) in [5.41, 5.74) is 15.2. The molecular weight excluding hydrogens is 689 g/mol. The highest BCUT2D eigenvalue weighted by Crippen LogP contribution is 2.50. The third kappa shape index (κ3) is 5.33. The van der Waals surface area contributed by atoms with Crippen molar-refractivity contribution in [3.8, 4) is 67.3 Å². The van der Waals surface area contributed by atoms with Gasteiger partial charge in [0.05, 0.1) is 11.4 Å². The molecular formula is C55H38N2. The number of nitrogens with zero attached hydrogens (tertiary/aromatic N) is 2. The Balaban J connectivity index is 1.12. The van der Waals surface area contributed by atoms with Crippen molar-refractivity contribution in [1.82, 2.24) is 9.97 Å². The highest BCUT2D eigenvalue weighted by atomic mass is 14.9. The van der Waals surface area contributed by atoms with Gasteiger partial charge in [0.25, 0.3) is 0 Å². The Kier molecular flexibility index (Phi) is 7.55. The van der Waals surface area contributed by atoms with E-state index in [2.05, 4.69) is 202 Å². The maximum atomic E-state index is 5.43. The van der Waals surface area contributed by atoms with Gasteiger partial charge in [0.15, 0.2) is 5.82 Å². The second-order valence-corrected chi connectivity index (χ2v) is 15.7. The van der Waals surface area contributed by atoms with Crippen molar-refractivity contribution in [2.75, 3.05) is 0 Å². The SMILES string of the molecule is CC1(C)c2ccccc2-c2cc(-c3ccc(-c4cc(-c5c6ccccc6c(-c6ccccc6)c6ccc7ccccc7c56)nc(-c5ccccc5)n4)cc3)ccc21. The number of hydrogen-bond donors (Lipinski definition) is 0. The quantitative estimate of drug-likeness (QED) is 0.130. The van der Waals surface area contributed by atoms with Crippen LogP contribution in [0.3, 0.4) is 0 Å². The molecule has 1 heterocycles. The first-order valence-corrected chi connectivity index (χ1v) is 19.7. The Morgan fingerprint density at radius 1 is 0.351 bits per heavy atom. The molecule has 0 spiro atoms. The highest BCUT2D eigenvalue weighted by molar-refractivity contribution is 6.27. The van der Waals surface area contributed by atoms with Crippen molar-refractivity contribution in [2.45, 2.75) is 19.3 Å². The van der Waals surface area contributed by atoms with Gasteiger partial charge in [-0.3, -0.25) is 0 Å². The van der Waals surface area contributed by atoms with E-state index in [1.165, 1.54) is 76.8 Å². The number of rotatable bonds is 5. The molecule has 0 saturated carbocycles. The van der Waals surface area contributed by atoms with Crippen LogP contribution in [0.15, 0.2) is 194 Å². The van der Waals surface area contributed by atoms with Gasteiger partial charge in [0.1, 0.15) is 0 Å². The van der Waals surface area contributed by atoms with Gasteiger partial charge in [-0.05, 0) is 83.6 Å². The van der Waals surface area contributed by atoms with E-state index in [0.29, 0.717) is 5.82 Å². The van der Waals surface area contributed by atoms with Crippen molar-refractivity contribution in [2.24, 2.45) is 0 Å². The summed E-state index contributed by atoms with van der Waals surface area (Å²) in [7, 11) is 0. The average Bonchev–Trinajstić information content (AvgIpc) is 3.51. The van der Waals surface area contributed by atoms with Crippen LogP contribution in [0.5, 0.6) is 0 Å². The summed E-state index contributed by atoms with van der Waals surface area (Å²) < 4.78 is 0. The molecule has 1 aliphatic rings. The van der Waals surface area contributed by atoms with E-state index >= 15 is 0 Å². The predicted molar refractivity (Wildman–Crippen MR) is 239 cm³/mol. The van der Waals surface area contributed by atoms with Gasteiger partial charge in [0, 0.05) is 27.5 Å². The zero-order valence-corrected chi connectivity index (χ0v) is 31.9. The van der Waals surface area contributed by atoms with Gasteiger partial charge in [-0.1, -0.05) is 196 Å². The highest BCUT2D eigenvalue weighted by Gasteiger charge is 2.35. The first kappa shape index (κ1) is 33.2. The lowest BCUT2D eigenvalue weighted by molar-refractivity contribution is 0.660. The zero-order chi connectivity index (χ0) is 38.1. The number of benzene rings is 9. The Morgan fingerprint density at radius 3 is 1.70 bits per heavy atom. The van der Waals surface area contributed by atoms with E-state index in [9.17, 15) is 0 Å². The summed E-state index contributed by atoms with van der Waals surface area (Å²) >= 11 is 0. The molecule has 9 aromatic carbocycles. The van der Waals surface area contributed by atoms with Crippen LogP contribution >= 0.6 is 0 Å². The lowest BCUT2D eigenvalue weighted by Crippen LogP contribution is -2.14. The van der Waals surface area contributed by atoms with Gasteiger partial charge in [-0.25, -0.2) is 9.97 Å². The van der Waals surface area contributed by atoms with Gasteiger partial charge >= 0.3 is 0 Å². The van der Waals surface area contributed by atoms with Gasteiger partial charge in [-0.2, -0.15) is 0 Å². The molecule has 1 aromatic heterocycles. The van der Waals surface area contributed by atoms with E-state index in [-0.39, 0.29) is 5.41 Å². The Labute approximate surface area is 332 Å². The van der Waals surface area contributed by atoms with Crippen LogP contribution in [0, 0.1) is 0 Å².